The highest BCUT2D eigenvalue weighted by atomic mass is 32.1. The Kier molecular flexibility index (Phi) is 6.01. The molecule has 0 aliphatic carbocycles. The van der Waals surface area contributed by atoms with E-state index in [0.717, 1.165) is 33.9 Å². The van der Waals surface area contributed by atoms with Crippen LogP contribution in [0.2, 0.25) is 0 Å². The second-order valence-corrected chi connectivity index (χ2v) is 8.11. The molecule has 27 heavy (non-hydrogen) atoms. The SMILES string of the molecule is CC(CC(C)C)=Nn1c(-c2ccc(C)c(C)c2)csc1=Nc1cccnc1. The number of thiazole rings is 1. The van der Waals surface area contributed by atoms with Crippen LogP contribution in [0, 0.1) is 19.8 Å². The number of benzene rings is 1. The summed E-state index contributed by atoms with van der Waals surface area (Å²) in [4.78, 5) is 9.78. The lowest BCUT2D eigenvalue weighted by molar-refractivity contribution is 0.675. The summed E-state index contributed by atoms with van der Waals surface area (Å²) in [6, 6.07) is 10.4. The van der Waals surface area contributed by atoms with Crippen molar-refractivity contribution in [3.63, 3.8) is 0 Å². The maximum absolute atomic E-state index is 4.91. The highest BCUT2D eigenvalue weighted by Crippen LogP contribution is 2.23. The van der Waals surface area contributed by atoms with Crippen molar-refractivity contribution in [1.82, 2.24) is 9.66 Å². The van der Waals surface area contributed by atoms with Gasteiger partial charge in [-0.25, -0.2) is 9.67 Å². The highest BCUT2D eigenvalue weighted by molar-refractivity contribution is 7.07. The van der Waals surface area contributed by atoms with E-state index >= 15 is 0 Å². The van der Waals surface area contributed by atoms with E-state index in [4.69, 9.17) is 10.1 Å². The van der Waals surface area contributed by atoms with Crippen molar-refractivity contribution in [2.45, 2.75) is 41.0 Å². The van der Waals surface area contributed by atoms with Gasteiger partial charge < -0.3 is 0 Å². The molecule has 2 heterocycles. The lowest BCUT2D eigenvalue weighted by Gasteiger charge is -2.09. The van der Waals surface area contributed by atoms with Crippen molar-refractivity contribution in [1.29, 1.82) is 0 Å². The Bertz CT molecular complexity index is 1010. The molecule has 0 atom stereocenters. The van der Waals surface area contributed by atoms with Crippen LogP contribution in [0.3, 0.4) is 0 Å². The molecule has 2 aromatic heterocycles. The molecule has 5 heteroatoms. The van der Waals surface area contributed by atoms with E-state index in [1.165, 1.54) is 11.1 Å². The molecule has 1 aromatic carbocycles. The monoisotopic (exact) mass is 378 g/mol. The summed E-state index contributed by atoms with van der Waals surface area (Å²) in [5, 5.41) is 7.04. The summed E-state index contributed by atoms with van der Waals surface area (Å²) in [6.45, 7) is 10.8. The average Bonchev–Trinajstić information content (AvgIpc) is 3.00. The third-order valence-corrected chi connectivity index (χ3v) is 5.15. The summed E-state index contributed by atoms with van der Waals surface area (Å²) in [6.07, 6.45) is 4.49. The van der Waals surface area contributed by atoms with Crippen LogP contribution in [0.1, 0.15) is 38.3 Å². The van der Waals surface area contributed by atoms with Gasteiger partial charge in [-0.1, -0.05) is 26.0 Å². The van der Waals surface area contributed by atoms with Gasteiger partial charge in [-0.2, -0.15) is 5.10 Å². The quantitative estimate of drug-likeness (QED) is 0.523. The van der Waals surface area contributed by atoms with Crippen LogP contribution in [0.5, 0.6) is 0 Å². The first-order chi connectivity index (χ1) is 12.9. The Balaban J connectivity index is 2.16. The van der Waals surface area contributed by atoms with Gasteiger partial charge in [-0.05, 0) is 62.4 Å². The highest BCUT2D eigenvalue weighted by Gasteiger charge is 2.10. The van der Waals surface area contributed by atoms with Crippen molar-refractivity contribution >= 4 is 22.7 Å². The minimum atomic E-state index is 0.566. The first-order valence-corrected chi connectivity index (χ1v) is 10.1. The molecular weight excluding hydrogens is 352 g/mol. The van der Waals surface area contributed by atoms with Crippen molar-refractivity contribution < 1.29 is 0 Å². The Morgan fingerprint density at radius 3 is 2.67 bits per heavy atom. The summed E-state index contributed by atoms with van der Waals surface area (Å²) < 4.78 is 1.97. The molecule has 4 nitrogen and oxygen atoms in total. The number of nitrogens with zero attached hydrogens (tertiary/aromatic N) is 4. The molecule has 3 rings (SSSR count). The maximum atomic E-state index is 4.91. The van der Waals surface area contributed by atoms with Crippen molar-refractivity contribution in [2.24, 2.45) is 16.0 Å². The molecule has 0 bridgehead atoms. The molecule has 0 unspecified atom stereocenters. The molecule has 0 N–H and O–H groups in total. The van der Waals surface area contributed by atoms with Crippen LogP contribution in [-0.2, 0) is 0 Å². The molecular formula is C22H26N4S. The molecule has 0 spiro atoms. The molecule has 0 radical (unpaired) electrons. The molecule has 0 saturated carbocycles. The van der Waals surface area contributed by atoms with E-state index in [0.29, 0.717) is 5.92 Å². The zero-order chi connectivity index (χ0) is 19.4. The van der Waals surface area contributed by atoms with Gasteiger partial charge in [0, 0.05) is 22.9 Å². The van der Waals surface area contributed by atoms with E-state index in [1.54, 1.807) is 23.7 Å². The van der Waals surface area contributed by atoms with Crippen LogP contribution < -0.4 is 4.80 Å². The first-order valence-electron chi connectivity index (χ1n) is 9.21. The lowest BCUT2D eigenvalue weighted by atomic mass is 10.1. The fourth-order valence-electron chi connectivity index (χ4n) is 2.91. The van der Waals surface area contributed by atoms with Crippen LogP contribution in [0.15, 0.2) is 58.2 Å². The number of aromatic nitrogens is 2. The topological polar surface area (TPSA) is 42.5 Å². The summed E-state index contributed by atoms with van der Waals surface area (Å²) in [5.74, 6) is 0.566. The lowest BCUT2D eigenvalue weighted by Crippen LogP contribution is -2.14. The second kappa shape index (κ2) is 8.44. The van der Waals surface area contributed by atoms with E-state index in [1.807, 2.05) is 16.8 Å². The Labute approximate surface area is 165 Å². The van der Waals surface area contributed by atoms with Crippen LogP contribution in [0.4, 0.5) is 5.69 Å². The predicted molar refractivity (Wildman–Crippen MR) is 115 cm³/mol. The molecule has 0 fully saturated rings. The molecule has 140 valence electrons. The van der Waals surface area contributed by atoms with Crippen molar-refractivity contribution in [3.8, 4) is 11.3 Å². The molecule has 3 aromatic rings. The predicted octanol–water partition coefficient (Wildman–Crippen LogP) is 5.73. The van der Waals surface area contributed by atoms with E-state index < -0.39 is 0 Å². The van der Waals surface area contributed by atoms with Gasteiger partial charge >= 0.3 is 0 Å². The first kappa shape index (κ1) is 19.2. The minimum absolute atomic E-state index is 0.566. The molecule has 0 saturated heterocycles. The van der Waals surface area contributed by atoms with Crippen molar-refractivity contribution in [3.05, 3.63) is 64.0 Å². The zero-order valence-corrected chi connectivity index (χ0v) is 17.4. The number of hydrogen-bond donors (Lipinski definition) is 0. The van der Waals surface area contributed by atoms with Crippen LogP contribution >= 0.6 is 11.3 Å². The third kappa shape index (κ3) is 4.80. The minimum Gasteiger partial charge on any atom is -0.262 e. The number of rotatable bonds is 5. The van der Waals surface area contributed by atoms with Gasteiger partial charge in [-0.3, -0.25) is 4.98 Å². The Morgan fingerprint density at radius 2 is 2.00 bits per heavy atom. The van der Waals surface area contributed by atoms with Crippen LogP contribution in [-0.4, -0.2) is 15.4 Å². The molecule has 0 aliphatic rings. The van der Waals surface area contributed by atoms with E-state index in [-0.39, 0.29) is 0 Å². The fraction of sp³-hybridized carbons (Fsp3) is 0.318. The third-order valence-electron chi connectivity index (χ3n) is 4.33. The molecule has 0 aliphatic heterocycles. The normalized spacial score (nSPS) is 12.8. The van der Waals surface area contributed by atoms with Gasteiger partial charge in [-0.15, -0.1) is 11.3 Å². The Morgan fingerprint density at radius 1 is 1.19 bits per heavy atom. The summed E-state index contributed by atoms with van der Waals surface area (Å²) >= 11 is 1.60. The van der Waals surface area contributed by atoms with Gasteiger partial charge in [0.15, 0.2) is 0 Å². The van der Waals surface area contributed by atoms with E-state index in [2.05, 4.69) is 63.2 Å². The van der Waals surface area contributed by atoms with Gasteiger partial charge in [0.25, 0.3) is 0 Å². The second-order valence-electron chi connectivity index (χ2n) is 7.27. The standard InChI is InChI=1S/C22H26N4S/c1-15(2)11-18(5)25-26-21(19-9-8-16(3)17(4)12-19)14-27-22(26)24-20-7-6-10-23-13-20/h6-10,12-15H,11H2,1-5H3. The Hall–Kier alpha value is -2.53. The number of aryl methyl sites for hydroxylation is 2. The summed E-state index contributed by atoms with van der Waals surface area (Å²) in [5.41, 5.74) is 6.72. The summed E-state index contributed by atoms with van der Waals surface area (Å²) in [7, 11) is 0. The smallest absolute Gasteiger partial charge is 0.211 e. The van der Waals surface area contributed by atoms with E-state index in [9.17, 15) is 0 Å². The largest absolute Gasteiger partial charge is 0.262 e. The maximum Gasteiger partial charge on any atom is 0.211 e. The van der Waals surface area contributed by atoms with Gasteiger partial charge in [0.2, 0.25) is 4.80 Å². The van der Waals surface area contributed by atoms with Crippen molar-refractivity contribution in [2.75, 3.05) is 0 Å². The zero-order valence-electron chi connectivity index (χ0n) is 16.6. The van der Waals surface area contributed by atoms with Gasteiger partial charge in [0.1, 0.15) is 0 Å². The molecule has 0 amide bonds. The fourth-order valence-corrected chi connectivity index (χ4v) is 3.76. The van der Waals surface area contributed by atoms with Gasteiger partial charge in [0.05, 0.1) is 17.6 Å². The van der Waals surface area contributed by atoms with Crippen LogP contribution in [0.25, 0.3) is 11.3 Å². The number of hydrogen-bond acceptors (Lipinski definition) is 4. The number of pyridine rings is 1. The average molecular weight is 379 g/mol.